The molecule has 0 saturated carbocycles. The maximum atomic E-state index is 5.94. The summed E-state index contributed by atoms with van der Waals surface area (Å²) in [4.78, 5) is 11.8. The summed E-state index contributed by atoms with van der Waals surface area (Å²) < 4.78 is 11.8. The van der Waals surface area contributed by atoms with E-state index in [4.69, 9.17) is 14.1 Å². The molecule has 1 aromatic carbocycles. The van der Waals surface area contributed by atoms with Crippen LogP contribution in [-0.4, -0.2) is 34.0 Å². The largest absolute Gasteiger partial charge is 0.487 e. The Labute approximate surface area is 172 Å². The molecule has 3 heterocycles. The minimum Gasteiger partial charge on any atom is -0.487 e. The van der Waals surface area contributed by atoms with Crippen LogP contribution in [0.5, 0.6) is 5.75 Å². The third-order valence-corrected chi connectivity index (χ3v) is 5.65. The van der Waals surface area contributed by atoms with E-state index in [1.807, 2.05) is 56.3 Å². The molecular formula is C24H29N3O2. The van der Waals surface area contributed by atoms with Gasteiger partial charge in [0.05, 0.1) is 11.4 Å². The van der Waals surface area contributed by atoms with Crippen molar-refractivity contribution < 1.29 is 9.15 Å². The number of benzene rings is 1. The standard InChI is InChI=1S/C24H29N3O2/c1-17-6-4-8-21(25-17)16-28-22-11-9-20(10-12-22)24-26-23(19(3)29-24)13-15-27-14-5-7-18(27)2/h4,6,8-12,18H,5,7,13-16H2,1-3H3/t18-/m1/s1. The zero-order valence-corrected chi connectivity index (χ0v) is 17.5. The second-order valence-corrected chi connectivity index (χ2v) is 7.88. The Bertz CT molecular complexity index is 949. The first-order valence-electron chi connectivity index (χ1n) is 10.4. The highest BCUT2D eigenvalue weighted by atomic mass is 16.5. The Morgan fingerprint density at radius 3 is 2.66 bits per heavy atom. The molecule has 152 valence electrons. The van der Waals surface area contributed by atoms with E-state index in [0.29, 0.717) is 18.5 Å². The topological polar surface area (TPSA) is 51.4 Å². The molecular weight excluding hydrogens is 362 g/mol. The lowest BCUT2D eigenvalue weighted by atomic mass is 10.2. The van der Waals surface area contributed by atoms with Crippen LogP contribution in [0.25, 0.3) is 11.5 Å². The lowest BCUT2D eigenvalue weighted by Crippen LogP contribution is -2.29. The van der Waals surface area contributed by atoms with Gasteiger partial charge in [0, 0.05) is 30.3 Å². The van der Waals surface area contributed by atoms with E-state index in [2.05, 4.69) is 16.8 Å². The number of hydrogen-bond acceptors (Lipinski definition) is 5. The van der Waals surface area contributed by atoms with E-state index >= 15 is 0 Å². The number of pyridine rings is 1. The average molecular weight is 392 g/mol. The third kappa shape index (κ3) is 4.85. The summed E-state index contributed by atoms with van der Waals surface area (Å²) in [6, 6.07) is 14.5. The van der Waals surface area contributed by atoms with Gasteiger partial charge in [0.2, 0.25) is 5.89 Å². The molecule has 2 aromatic heterocycles. The van der Waals surface area contributed by atoms with Gasteiger partial charge in [-0.05, 0) is 76.6 Å². The van der Waals surface area contributed by atoms with Gasteiger partial charge < -0.3 is 14.1 Å². The summed E-state index contributed by atoms with van der Waals surface area (Å²) in [7, 11) is 0. The maximum absolute atomic E-state index is 5.94. The molecule has 5 nitrogen and oxygen atoms in total. The van der Waals surface area contributed by atoms with Crippen molar-refractivity contribution in [3.8, 4) is 17.2 Å². The zero-order chi connectivity index (χ0) is 20.2. The van der Waals surface area contributed by atoms with Crippen molar-refractivity contribution in [1.82, 2.24) is 14.9 Å². The smallest absolute Gasteiger partial charge is 0.226 e. The molecule has 3 aromatic rings. The lowest BCUT2D eigenvalue weighted by Gasteiger charge is -2.20. The van der Waals surface area contributed by atoms with Crippen LogP contribution in [-0.2, 0) is 13.0 Å². The summed E-state index contributed by atoms with van der Waals surface area (Å²) in [6.07, 6.45) is 3.54. The highest BCUT2D eigenvalue weighted by molar-refractivity contribution is 5.55. The van der Waals surface area contributed by atoms with E-state index in [9.17, 15) is 0 Å². The second-order valence-electron chi connectivity index (χ2n) is 7.88. The van der Waals surface area contributed by atoms with Crippen LogP contribution in [0.1, 0.15) is 42.6 Å². The highest BCUT2D eigenvalue weighted by Crippen LogP contribution is 2.25. The van der Waals surface area contributed by atoms with Crippen molar-refractivity contribution in [2.24, 2.45) is 0 Å². The minimum atomic E-state index is 0.457. The van der Waals surface area contributed by atoms with Crippen molar-refractivity contribution in [2.45, 2.75) is 52.7 Å². The van der Waals surface area contributed by atoms with E-state index in [1.54, 1.807) is 0 Å². The molecule has 0 N–H and O–H groups in total. The SMILES string of the molecule is Cc1cccc(COc2ccc(-c3nc(CCN4CCC[C@H]4C)c(C)o3)cc2)n1. The van der Waals surface area contributed by atoms with Gasteiger partial charge in [0.15, 0.2) is 0 Å². The number of nitrogens with zero attached hydrogens (tertiary/aromatic N) is 3. The van der Waals surface area contributed by atoms with Crippen molar-refractivity contribution in [3.05, 3.63) is 65.3 Å². The van der Waals surface area contributed by atoms with E-state index in [0.717, 1.165) is 47.1 Å². The van der Waals surface area contributed by atoms with Crippen LogP contribution in [0, 0.1) is 13.8 Å². The van der Waals surface area contributed by atoms with Crippen molar-refractivity contribution >= 4 is 0 Å². The van der Waals surface area contributed by atoms with Crippen LogP contribution in [0.4, 0.5) is 0 Å². The van der Waals surface area contributed by atoms with Gasteiger partial charge in [-0.3, -0.25) is 4.98 Å². The van der Waals surface area contributed by atoms with Gasteiger partial charge in [-0.1, -0.05) is 6.07 Å². The van der Waals surface area contributed by atoms with Gasteiger partial charge in [-0.2, -0.15) is 0 Å². The molecule has 1 atom stereocenters. The van der Waals surface area contributed by atoms with Gasteiger partial charge in [-0.25, -0.2) is 4.98 Å². The summed E-state index contributed by atoms with van der Waals surface area (Å²) in [5.41, 5.74) is 3.95. The fourth-order valence-electron chi connectivity index (χ4n) is 3.89. The van der Waals surface area contributed by atoms with Crippen LogP contribution < -0.4 is 4.74 Å². The fourth-order valence-corrected chi connectivity index (χ4v) is 3.89. The van der Waals surface area contributed by atoms with Crippen LogP contribution in [0.15, 0.2) is 46.9 Å². The zero-order valence-electron chi connectivity index (χ0n) is 17.5. The number of aryl methyl sites for hydroxylation is 2. The molecule has 1 aliphatic rings. The number of ether oxygens (including phenoxy) is 1. The molecule has 0 unspecified atom stereocenters. The monoisotopic (exact) mass is 391 g/mol. The predicted octanol–water partition coefficient (Wildman–Crippen LogP) is 4.96. The third-order valence-electron chi connectivity index (χ3n) is 5.65. The highest BCUT2D eigenvalue weighted by Gasteiger charge is 2.21. The van der Waals surface area contributed by atoms with E-state index in [1.165, 1.54) is 19.4 Å². The summed E-state index contributed by atoms with van der Waals surface area (Å²) in [6.45, 7) is 9.01. The van der Waals surface area contributed by atoms with Crippen LogP contribution in [0.2, 0.25) is 0 Å². The van der Waals surface area contributed by atoms with Gasteiger partial charge >= 0.3 is 0 Å². The Morgan fingerprint density at radius 1 is 1.10 bits per heavy atom. The number of likely N-dealkylation sites (tertiary alicyclic amines) is 1. The predicted molar refractivity (Wildman–Crippen MR) is 114 cm³/mol. The van der Waals surface area contributed by atoms with E-state index in [-0.39, 0.29) is 0 Å². The van der Waals surface area contributed by atoms with Gasteiger partial charge in [0.25, 0.3) is 0 Å². The fraction of sp³-hybridized carbons (Fsp3) is 0.417. The Morgan fingerprint density at radius 2 is 1.93 bits per heavy atom. The molecule has 0 spiro atoms. The molecule has 0 aliphatic carbocycles. The number of aromatic nitrogens is 2. The molecule has 5 heteroatoms. The molecule has 1 saturated heterocycles. The molecule has 29 heavy (non-hydrogen) atoms. The molecule has 1 aliphatic heterocycles. The van der Waals surface area contributed by atoms with Crippen LogP contribution in [0.3, 0.4) is 0 Å². The Balaban J connectivity index is 1.37. The number of oxazole rings is 1. The Kier molecular flexibility index (Phi) is 5.95. The minimum absolute atomic E-state index is 0.457. The molecule has 0 bridgehead atoms. The molecule has 1 fully saturated rings. The molecule has 0 amide bonds. The summed E-state index contributed by atoms with van der Waals surface area (Å²) in [5.74, 6) is 2.40. The normalized spacial score (nSPS) is 17.0. The average Bonchev–Trinajstić information content (AvgIpc) is 3.30. The van der Waals surface area contributed by atoms with Crippen molar-refractivity contribution in [1.29, 1.82) is 0 Å². The van der Waals surface area contributed by atoms with Gasteiger partial charge in [0.1, 0.15) is 18.1 Å². The molecule has 0 radical (unpaired) electrons. The quantitative estimate of drug-likeness (QED) is 0.570. The van der Waals surface area contributed by atoms with Gasteiger partial charge in [-0.15, -0.1) is 0 Å². The first kappa shape index (κ1) is 19.6. The molecule has 4 rings (SSSR count). The van der Waals surface area contributed by atoms with Crippen LogP contribution >= 0.6 is 0 Å². The first-order chi connectivity index (χ1) is 14.1. The first-order valence-corrected chi connectivity index (χ1v) is 10.4. The summed E-state index contributed by atoms with van der Waals surface area (Å²) in [5, 5.41) is 0. The van der Waals surface area contributed by atoms with Crippen molar-refractivity contribution in [3.63, 3.8) is 0 Å². The number of hydrogen-bond donors (Lipinski definition) is 0. The Hall–Kier alpha value is -2.66. The summed E-state index contributed by atoms with van der Waals surface area (Å²) >= 11 is 0. The second kappa shape index (κ2) is 8.78. The van der Waals surface area contributed by atoms with Crippen molar-refractivity contribution in [2.75, 3.05) is 13.1 Å². The van der Waals surface area contributed by atoms with E-state index < -0.39 is 0 Å². The number of rotatable bonds is 7. The maximum Gasteiger partial charge on any atom is 0.226 e. The lowest BCUT2D eigenvalue weighted by molar-refractivity contribution is 0.271.